The van der Waals surface area contributed by atoms with Crippen LogP contribution in [0.25, 0.3) is 0 Å². The summed E-state index contributed by atoms with van der Waals surface area (Å²) in [5.41, 5.74) is 1.06. The molecule has 0 bridgehead atoms. The number of hydrogen-bond acceptors (Lipinski definition) is 6. The van der Waals surface area contributed by atoms with Crippen LogP contribution in [0, 0.1) is 0 Å². The second-order valence-electron chi connectivity index (χ2n) is 6.94. The summed E-state index contributed by atoms with van der Waals surface area (Å²) in [6.07, 6.45) is 0.717. The first-order chi connectivity index (χ1) is 13.0. The van der Waals surface area contributed by atoms with Crippen molar-refractivity contribution < 1.29 is 13.2 Å². The molecule has 27 heavy (non-hydrogen) atoms. The van der Waals surface area contributed by atoms with E-state index in [0.29, 0.717) is 31.1 Å². The van der Waals surface area contributed by atoms with Crippen LogP contribution in [0.5, 0.6) is 0 Å². The van der Waals surface area contributed by atoms with Gasteiger partial charge in [-0.25, -0.2) is 8.42 Å². The van der Waals surface area contributed by atoms with E-state index < -0.39 is 10.0 Å². The summed E-state index contributed by atoms with van der Waals surface area (Å²) in [5.74, 6) is -0.0465. The second kappa shape index (κ2) is 9.01. The standard InChI is InChI=1S/C18H29N5O3S/c1-19-18(24)15-21-9-2-10-23(14-13-21)27(25,26)17-5-3-16(4-6-17)22-11-7-20-8-12-22/h3-6,20H,2,7-15H2,1H3,(H,19,24). The molecule has 2 heterocycles. The summed E-state index contributed by atoms with van der Waals surface area (Å²) >= 11 is 0. The van der Waals surface area contributed by atoms with Crippen molar-refractivity contribution in [3.8, 4) is 0 Å². The number of nitrogens with zero attached hydrogens (tertiary/aromatic N) is 3. The molecule has 1 aromatic rings. The number of piperazine rings is 1. The van der Waals surface area contributed by atoms with Gasteiger partial charge in [-0.1, -0.05) is 0 Å². The number of carbonyl (C=O) groups is 1. The maximum absolute atomic E-state index is 13.0. The number of sulfonamides is 1. The third kappa shape index (κ3) is 4.98. The molecule has 0 aliphatic carbocycles. The molecule has 0 unspecified atom stereocenters. The average molecular weight is 396 g/mol. The third-order valence-electron chi connectivity index (χ3n) is 5.15. The molecule has 2 saturated heterocycles. The summed E-state index contributed by atoms with van der Waals surface area (Å²) < 4.78 is 27.6. The van der Waals surface area contributed by atoms with Crippen LogP contribution < -0.4 is 15.5 Å². The number of rotatable bonds is 5. The van der Waals surface area contributed by atoms with Crippen LogP contribution in [-0.2, 0) is 14.8 Å². The lowest BCUT2D eigenvalue weighted by atomic mass is 10.2. The highest BCUT2D eigenvalue weighted by Gasteiger charge is 2.27. The molecule has 1 amide bonds. The van der Waals surface area contributed by atoms with Crippen molar-refractivity contribution in [2.45, 2.75) is 11.3 Å². The van der Waals surface area contributed by atoms with Gasteiger partial charge in [0.1, 0.15) is 0 Å². The van der Waals surface area contributed by atoms with Crippen molar-refractivity contribution in [2.24, 2.45) is 0 Å². The first kappa shape index (κ1) is 20.1. The summed E-state index contributed by atoms with van der Waals surface area (Å²) in [7, 11) is -1.90. The van der Waals surface area contributed by atoms with Crippen LogP contribution in [-0.4, -0.2) is 89.5 Å². The predicted octanol–water partition coefficient (Wildman–Crippen LogP) is -0.461. The average Bonchev–Trinajstić information content (AvgIpc) is 2.95. The Morgan fingerprint density at radius 1 is 1.04 bits per heavy atom. The highest BCUT2D eigenvalue weighted by Crippen LogP contribution is 2.22. The first-order valence-electron chi connectivity index (χ1n) is 9.49. The molecule has 0 spiro atoms. The number of carbonyl (C=O) groups excluding carboxylic acids is 1. The summed E-state index contributed by atoms with van der Waals surface area (Å²) in [5, 5.41) is 5.93. The minimum absolute atomic E-state index is 0.0465. The zero-order valence-corrected chi connectivity index (χ0v) is 16.7. The van der Waals surface area contributed by atoms with Gasteiger partial charge in [-0.15, -0.1) is 0 Å². The fourth-order valence-corrected chi connectivity index (χ4v) is 5.00. The van der Waals surface area contributed by atoms with E-state index in [1.165, 1.54) is 4.31 Å². The van der Waals surface area contributed by atoms with E-state index in [2.05, 4.69) is 15.5 Å². The first-order valence-corrected chi connectivity index (χ1v) is 10.9. The fourth-order valence-electron chi connectivity index (χ4n) is 3.53. The van der Waals surface area contributed by atoms with Crippen LogP contribution in [0.1, 0.15) is 6.42 Å². The van der Waals surface area contributed by atoms with E-state index in [4.69, 9.17) is 0 Å². The summed E-state index contributed by atoms with van der Waals surface area (Å²) in [6.45, 7) is 6.22. The lowest BCUT2D eigenvalue weighted by Gasteiger charge is -2.29. The molecule has 0 atom stereocenters. The molecular weight excluding hydrogens is 366 g/mol. The highest BCUT2D eigenvalue weighted by atomic mass is 32.2. The van der Waals surface area contributed by atoms with E-state index in [1.54, 1.807) is 19.2 Å². The van der Waals surface area contributed by atoms with Crippen LogP contribution in [0.4, 0.5) is 5.69 Å². The van der Waals surface area contributed by atoms with E-state index in [-0.39, 0.29) is 5.91 Å². The van der Waals surface area contributed by atoms with Gasteiger partial charge in [0.15, 0.2) is 0 Å². The number of anilines is 1. The lowest BCUT2D eigenvalue weighted by molar-refractivity contribution is -0.121. The number of likely N-dealkylation sites (N-methyl/N-ethyl adjacent to an activating group) is 1. The SMILES string of the molecule is CNC(=O)CN1CCCN(S(=O)(=O)c2ccc(N3CCNCC3)cc2)CC1. The van der Waals surface area contributed by atoms with E-state index >= 15 is 0 Å². The van der Waals surface area contributed by atoms with Crippen LogP contribution >= 0.6 is 0 Å². The quantitative estimate of drug-likeness (QED) is 0.702. The largest absolute Gasteiger partial charge is 0.369 e. The molecule has 0 aromatic heterocycles. The van der Waals surface area contributed by atoms with Gasteiger partial charge in [-0.05, 0) is 37.2 Å². The summed E-state index contributed by atoms with van der Waals surface area (Å²) in [6, 6.07) is 7.21. The molecule has 2 aliphatic rings. The summed E-state index contributed by atoms with van der Waals surface area (Å²) in [4.78, 5) is 16.2. The number of benzene rings is 1. The topological polar surface area (TPSA) is 85.0 Å². The zero-order valence-electron chi connectivity index (χ0n) is 15.9. The minimum Gasteiger partial charge on any atom is -0.369 e. The van der Waals surface area contributed by atoms with Gasteiger partial charge in [-0.2, -0.15) is 4.31 Å². The molecule has 150 valence electrons. The molecule has 2 N–H and O–H groups in total. The van der Waals surface area contributed by atoms with E-state index in [0.717, 1.165) is 44.8 Å². The Bertz CT molecular complexity index is 732. The van der Waals surface area contributed by atoms with Gasteiger partial charge >= 0.3 is 0 Å². The second-order valence-corrected chi connectivity index (χ2v) is 8.88. The van der Waals surface area contributed by atoms with Crippen molar-refractivity contribution in [3.05, 3.63) is 24.3 Å². The Labute approximate surface area is 161 Å². The maximum Gasteiger partial charge on any atom is 0.243 e. The fraction of sp³-hybridized carbons (Fsp3) is 0.611. The molecule has 2 aliphatic heterocycles. The maximum atomic E-state index is 13.0. The zero-order chi connectivity index (χ0) is 19.3. The molecule has 9 heteroatoms. The van der Waals surface area contributed by atoms with Gasteiger partial charge in [0.2, 0.25) is 15.9 Å². The van der Waals surface area contributed by atoms with Gasteiger partial charge in [0, 0.05) is 58.5 Å². The van der Waals surface area contributed by atoms with Crippen LogP contribution in [0.2, 0.25) is 0 Å². The van der Waals surface area contributed by atoms with E-state index in [9.17, 15) is 13.2 Å². The molecular formula is C18H29N5O3S. The number of nitrogens with one attached hydrogen (secondary N) is 2. The van der Waals surface area contributed by atoms with Gasteiger partial charge in [0.05, 0.1) is 11.4 Å². The van der Waals surface area contributed by atoms with Crippen molar-refractivity contribution >= 4 is 21.6 Å². The number of hydrogen-bond donors (Lipinski definition) is 2. The molecule has 0 saturated carbocycles. The molecule has 3 rings (SSSR count). The van der Waals surface area contributed by atoms with E-state index in [1.807, 2.05) is 17.0 Å². The van der Waals surface area contributed by atoms with Gasteiger partial charge < -0.3 is 15.5 Å². The van der Waals surface area contributed by atoms with Gasteiger partial charge in [-0.3, -0.25) is 9.69 Å². The van der Waals surface area contributed by atoms with Crippen molar-refractivity contribution in [2.75, 3.05) is 70.9 Å². The molecule has 1 aromatic carbocycles. The van der Waals surface area contributed by atoms with Crippen molar-refractivity contribution in [3.63, 3.8) is 0 Å². The highest BCUT2D eigenvalue weighted by molar-refractivity contribution is 7.89. The Balaban J connectivity index is 1.65. The van der Waals surface area contributed by atoms with Gasteiger partial charge in [0.25, 0.3) is 0 Å². The van der Waals surface area contributed by atoms with Crippen LogP contribution in [0.15, 0.2) is 29.2 Å². The Kier molecular flexibility index (Phi) is 6.69. The monoisotopic (exact) mass is 395 g/mol. The third-order valence-corrected chi connectivity index (χ3v) is 7.06. The predicted molar refractivity (Wildman–Crippen MR) is 105 cm³/mol. The minimum atomic E-state index is -3.52. The Morgan fingerprint density at radius 3 is 2.41 bits per heavy atom. The smallest absolute Gasteiger partial charge is 0.243 e. The van der Waals surface area contributed by atoms with Crippen molar-refractivity contribution in [1.29, 1.82) is 0 Å². The van der Waals surface area contributed by atoms with Crippen molar-refractivity contribution in [1.82, 2.24) is 19.8 Å². The Hall–Kier alpha value is -1.68. The number of amides is 1. The van der Waals surface area contributed by atoms with Crippen LogP contribution in [0.3, 0.4) is 0 Å². The normalized spacial score (nSPS) is 20.3. The molecule has 2 fully saturated rings. The molecule has 8 nitrogen and oxygen atoms in total. The lowest BCUT2D eigenvalue weighted by Crippen LogP contribution is -2.43. The molecule has 0 radical (unpaired) electrons. The Morgan fingerprint density at radius 2 is 1.74 bits per heavy atom.